The molecule has 0 bridgehead atoms. The number of aryl methyl sites for hydroxylation is 1. The Labute approximate surface area is 138 Å². The largest absolute Gasteiger partial charge is 0.475 e. The van der Waals surface area contributed by atoms with Crippen LogP contribution >= 0.6 is 0 Å². The van der Waals surface area contributed by atoms with Gasteiger partial charge < -0.3 is 14.6 Å². The molecule has 0 aliphatic heterocycles. The molecule has 0 saturated carbocycles. The molecule has 0 aliphatic rings. The van der Waals surface area contributed by atoms with Gasteiger partial charge in [-0.15, -0.1) is 0 Å². The molecule has 0 aliphatic carbocycles. The number of H-pyrrole nitrogens is 1. The number of rotatable bonds is 5. The topological polar surface area (TPSA) is 97.7 Å². The summed E-state index contributed by atoms with van der Waals surface area (Å²) in [5.74, 6) is 1.18. The standard InChI is InChI=1S/C16H18N6O2/c1-10(2)24-14-6-4-5-11(18-14)16(23)19-13-9-12(20-21-13)15-17-7-8-22(15)3/h4-10H,1-3H3,(H2,19,20,21,23). The Kier molecular flexibility index (Phi) is 4.28. The zero-order valence-corrected chi connectivity index (χ0v) is 13.6. The summed E-state index contributed by atoms with van der Waals surface area (Å²) < 4.78 is 7.35. The van der Waals surface area contributed by atoms with E-state index in [1.807, 2.05) is 31.7 Å². The summed E-state index contributed by atoms with van der Waals surface area (Å²) in [6.07, 6.45) is 3.51. The molecule has 1 amide bonds. The van der Waals surface area contributed by atoms with Gasteiger partial charge in [0.05, 0.1) is 6.10 Å². The summed E-state index contributed by atoms with van der Waals surface area (Å²) in [7, 11) is 1.88. The van der Waals surface area contributed by atoms with Crippen molar-refractivity contribution in [1.29, 1.82) is 0 Å². The van der Waals surface area contributed by atoms with Crippen LogP contribution in [0.15, 0.2) is 36.7 Å². The lowest BCUT2D eigenvalue weighted by molar-refractivity contribution is 0.102. The molecule has 0 spiro atoms. The third-order valence-corrected chi connectivity index (χ3v) is 3.19. The van der Waals surface area contributed by atoms with Crippen LogP contribution in [0.4, 0.5) is 5.82 Å². The van der Waals surface area contributed by atoms with E-state index in [1.165, 1.54) is 0 Å². The lowest BCUT2D eigenvalue weighted by Gasteiger charge is -2.09. The number of imidazole rings is 1. The summed E-state index contributed by atoms with van der Waals surface area (Å²) in [4.78, 5) is 20.7. The molecule has 8 nitrogen and oxygen atoms in total. The second-order valence-electron chi connectivity index (χ2n) is 5.51. The molecule has 2 N–H and O–H groups in total. The molecular weight excluding hydrogens is 308 g/mol. The van der Waals surface area contributed by atoms with E-state index in [0.717, 1.165) is 5.82 Å². The van der Waals surface area contributed by atoms with Gasteiger partial charge in [0.15, 0.2) is 11.6 Å². The van der Waals surface area contributed by atoms with E-state index in [1.54, 1.807) is 30.5 Å². The predicted octanol–water partition coefficient (Wildman–Crippen LogP) is 2.24. The number of aromatic amines is 1. The van der Waals surface area contributed by atoms with Crippen molar-refractivity contribution in [3.63, 3.8) is 0 Å². The Balaban J connectivity index is 1.74. The minimum absolute atomic E-state index is 0.0116. The Bertz CT molecular complexity index is 852. The van der Waals surface area contributed by atoms with Crippen molar-refractivity contribution in [1.82, 2.24) is 24.7 Å². The summed E-state index contributed by atoms with van der Waals surface area (Å²) in [6, 6.07) is 6.78. The fraction of sp³-hybridized carbons (Fsp3) is 0.250. The van der Waals surface area contributed by atoms with Gasteiger partial charge in [0.1, 0.15) is 11.4 Å². The van der Waals surface area contributed by atoms with Crippen LogP contribution in [0.25, 0.3) is 11.5 Å². The van der Waals surface area contributed by atoms with Crippen molar-refractivity contribution in [2.24, 2.45) is 7.05 Å². The van der Waals surface area contributed by atoms with E-state index in [2.05, 4.69) is 25.5 Å². The Morgan fingerprint density at radius 3 is 2.92 bits per heavy atom. The number of hydrogen-bond acceptors (Lipinski definition) is 5. The molecule has 24 heavy (non-hydrogen) atoms. The van der Waals surface area contributed by atoms with Crippen LogP contribution in [0.1, 0.15) is 24.3 Å². The quantitative estimate of drug-likeness (QED) is 0.749. The second kappa shape index (κ2) is 6.53. The van der Waals surface area contributed by atoms with Gasteiger partial charge in [-0.25, -0.2) is 9.97 Å². The third kappa shape index (κ3) is 3.43. The molecule has 3 heterocycles. The summed E-state index contributed by atoms with van der Waals surface area (Å²) >= 11 is 0. The van der Waals surface area contributed by atoms with Crippen molar-refractivity contribution in [2.75, 3.05) is 5.32 Å². The average molecular weight is 326 g/mol. The van der Waals surface area contributed by atoms with Crippen molar-refractivity contribution in [3.05, 3.63) is 42.4 Å². The number of nitrogens with one attached hydrogen (secondary N) is 2. The molecule has 0 atom stereocenters. The monoisotopic (exact) mass is 326 g/mol. The molecule has 0 saturated heterocycles. The van der Waals surface area contributed by atoms with E-state index in [0.29, 0.717) is 17.4 Å². The van der Waals surface area contributed by atoms with Gasteiger partial charge in [-0.05, 0) is 19.9 Å². The van der Waals surface area contributed by atoms with Crippen molar-refractivity contribution >= 4 is 11.7 Å². The Morgan fingerprint density at radius 1 is 1.38 bits per heavy atom. The van der Waals surface area contributed by atoms with E-state index in [4.69, 9.17) is 4.74 Å². The first-order valence-corrected chi connectivity index (χ1v) is 7.51. The van der Waals surface area contributed by atoms with E-state index in [9.17, 15) is 4.79 Å². The SMILES string of the molecule is CC(C)Oc1cccc(C(=O)Nc2cc(-c3nccn3C)[nH]n2)n1. The number of carbonyl (C=O) groups excluding carboxylic acids is 1. The number of carbonyl (C=O) groups is 1. The first-order chi connectivity index (χ1) is 11.5. The summed E-state index contributed by atoms with van der Waals surface area (Å²) in [6.45, 7) is 3.80. The van der Waals surface area contributed by atoms with Crippen molar-refractivity contribution in [3.8, 4) is 17.4 Å². The molecule has 0 unspecified atom stereocenters. The van der Waals surface area contributed by atoms with Crippen molar-refractivity contribution < 1.29 is 9.53 Å². The van der Waals surface area contributed by atoms with Gasteiger partial charge in [0, 0.05) is 31.6 Å². The molecule has 3 rings (SSSR count). The van der Waals surface area contributed by atoms with E-state index >= 15 is 0 Å². The summed E-state index contributed by atoms with van der Waals surface area (Å²) in [5.41, 5.74) is 0.970. The normalized spacial score (nSPS) is 10.8. The van der Waals surface area contributed by atoms with Gasteiger partial charge in [0.2, 0.25) is 5.88 Å². The zero-order valence-electron chi connectivity index (χ0n) is 13.6. The maximum Gasteiger partial charge on any atom is 0.275 e. The average Bonchev–Trinajstić information content (AvgIpc) is 3.15. The summed E-state index contributed by atoms with van der Waals surface area (Å²) in [5, 5.41) is 9.63. The lowest BCUT2D eigenvalue weighted by atomic mass is 10.3. The number of anilines is 1. The lowest BCUT2D eigenvalue weighted by Crippen LogP contribution is -2.15. The molecule has 8 heteroatoms. The fourth-order valence-corrected chi connectivity index (χ4v) is 2.15. The second-order valence-corrected chi connectivity index (χ2v) is 5.51. The third-order valence-electron chi connectivity index (χ3n) is 3.19. The Morgan fingerprint density at radius 2 is 2.21 bits per heavy atom. The van der Waals surface area contributed by atoms with Gasteiger partial charge in [-0.2, -0.15) is 5.10 Å². The smallest absolute Gasteiger partial charge is 0.275 e. The minimum atomic E-state index is -0.359. The zero-order chi connectivity index (χ0) is 17.1. The molecular formula is C16H18N6O2. The van der Waals surface area contributed by atoms with Crippen LogP contribution in [0.2, 0.25) is 0 Å². The van der Waals surface area contributed by atoms with Gasteiger partial charge in [-0.3, -0.25) is 9.89 Å². The van der Waals surface area contributed by atoms with E-state index in [-0.39, 0.29) is 17.7 Å². The number of aromatic nitrogens is 5. The molecule has 3 aromatic heterocycles. The highest BCUT2D eigenvalue weighted by Gasteiger charge is 2.13. The van der Waals surface area contributed by atoms with Crippen LogP contribution in [-0.2, 0) is 7.05 Å². The maximum absolute atomic E-state index is 12.3. The van der Waals surface area contributed by atoms with Crippen LogP contribution < -0.4 is 10.1 Å². The molecule has 3 aromatic rings. The first-order valence-electron chi connectivity index (χ1n) is 7.51. The van der Waals surface area contributed by atoms with Crippen molar-refractivity contribution in [2.45, 2.75) is 20.0 Å². The fourth-order valence-electron chi connectivity index (χ4n) is 2.15. The molecule has 0 fully saturated rings. The predicted molar refractivity (Wildman–Crippen MR) is 88.7 cm³/mol. The highest BCUT2D eigenvalue weighted by atomic mass is 16.5. The van der Waals surface area contributed by atoms with Crippen LogP contribution in [0, 0.1) is 0 Å². The highest BCUT2D eigenvalue weighted by Crippen LogP contribution is 2.18. The Hall–Kier alpha value is -3.16. The number of ether oxygens (including phenoxy) is 1. The van der Waals surface area contributed by atoms with Gasteiger partial charge in [-0.1, -0.05) is 6.07 Å². The highest BCUT2D eigenvalue weighted by molar-refractivity contribution is 6.02. The molecule has 124 valence electrons. The first kappa shape index (κ1) is 15.7. The minimum Gasteiger partial charge on any atom is -0.475 e. The molecule has 0 aromatic carbocycles. The number of nitrogens with zero attached hydrogens (tertiary/aromatic N) is 4. The van der Waals surface area contributed by atoms with Gasteiger partial charge in [0.25, 0.3) is 5.91 Å². The molecule has 0 radical (unpaired) electrons. The number of pyridine rings is 1. The van der Waals surface area contributed by atoms with Crippen LogP contribution in [-0.4, -0.2) is 36.7 Å². The number of amides is 1. The number of hydrogen-bond donors (Lipinski definition) is 2. The van der Waals surface area contributed by atoms with E-state index < -0.39 is 0 Å². The van der Waals surface area contributed by atoms with Crippen LogP contribution in [0.3, 0.4) is 0 Å². The van der Waals surface area contributed by atoms with Crippen LogP contribution in [0.5, 0.6) is 5.88 Å². The van der Waals surface area contributed by atoms with Gasteiger partial charge >= 0.3 is 0 Å². The maximum atomic E-state index is 12.3.